The van der Waals surface area contributed by atoms with Gasteiger partial charge in [0, 0.05) is 0 Å². The van der Waals surface area contributed by atoms with Crippen LogP contribution in [0.5, 0.6) is 11.5 Å². The number of amides is 1. The number of carboxylic acid groups (broad SMARTS) is 1. The molecule has 0 aromatic heterocycles. The summed E-state index contributed by atoms with van der Waals surface area (Å²) in [5, 5.41) is 9.26. The first-order chi connectivity index (χ1) is 16.8. The molecule has 0 radical (unpaired) electrons. The predicted molar refractivity (Wildman–Crippen MR) is 146 cm³/mol. The van der Waals surface area contributed by atoms with Crippen molar-refractivity contribution >= 4 is 51.9 Å². The molecule has 2 aromatic carbocycles. The molecule has 35 heavy (non-hydrogen) atoms. The van der Waals surface area contributed by atoms with Gasteiger partial charge < -0.3 is 14.6 Å². The van der Waals surface area contributed by atoms with Crippen molar-refractivity contribution < 1.29 is 24.2 Å². The van der Waals surface area contributed by atoms with Crippen molar-refractivity contribution in [3.8, 4) is 11.5 Å². The van der Waals surface area contributed by atoms with E-state index in [0.717, 1.165) is 18.4 Å². The van der Waals surface area contributed by atoms with Crippen LogP contribution in [0.3, 0.4) is 0 Å². The summed E-state index contributed by atoms with van der Waals surface area (Å²) in [7, 11) is 1.59. The lowest BCUT2D eigenvalue weighted by Crippen LogP contribution is -2.27. The maximum absolute atomic E-state index is 13.1. The Kier molecular flexibility index (Phi) is 9.74. The van der Waals surface area contributed by atoms with Gasteiger partial charge in [0.15, 0.2) is 15.8 Å². The summed E-state index contributed by atoms with van der Waals surface area (Å²) in [6.07, 6.45) is 8.95. The normalized spacial score (nSPS) is 15.5. The molecule has 8 heteroatoms. The molecule has 1 heterocycles. The molecule has 3 rings (SSSR count). The minimum absolute atomic E-state index is 0.0780. The Balaban J connectivity index is 1.71. The van der Waals surface area contributed by atoms with E-state index in [2.05, 4.69) is 13.8 Å². The lowest BCUT2D eigenvalue weighted by atomic mass is 10.1. The second-order valence-electron chi connectivity index (χ2n) is 8.41. The van der Waals surface area contributed by atoms with Gasteiger partial charge in [-0.3, -0.25) is 9.69 Å². The van der Waals surface area contributed by atoms with Crippen molar-refractivity contribution in [1.29, 1.82) is 0 Å². The Hall–Kier alpha value is -2.84. The number of carboxylic acids is 1. The predicted octanol–water partition coefficient (Wildman–Crippen LogP) is 6.93. The van der Waals surface area contributed by atoms with E-state index in [1.54, 1.807) is 25.3 Å². The molecule has 2 aromatic rings. The summed E-state index contributed by atoms with van der Waals surface area (Å²) in [6, 6.07) is 11.7. The third kappa shape index (κ3) is 7.08. The minimum atomic E-state index is -1.06. The number of benzene rings is 2. The van der Waals surface area contributed by atoms with E-state index in [-0.39, 0.29) is 17.6 Å². The Morgan fingerprint density at radius 3 is 2.63 bits per heavy atom. The van der Waals surface area contributed by atoms with Gasteiger partial charge in [-0.1, -0.05) is 68.7 Å². The summed E-state index contributed by atoms with van der Waals surface area (Å²) in [6.45, 7) is 4.28. The zero-order chi connectivity index (χ0) is 25.4. The third-order valence-corrected chi connectivity index (χ3v) is 6.97. The molecule has 1 fully saturated rings. The highest BCUT2D eigenvalue weighted by molar-refractivity contribution is 8.27. The molecule has 1 aliphatic rings. The largest absolute Gasteiger partial charge is 0.493 e. The lowest BCUT2D eigenvalue weighted by Gasteiger charge is -2.17. The molecule has 1 amide bonds. The number of nitrogens with zero attached hydrogens (tertiary/aromatic N) is 1. The first-order valence-electron chi connectivity index (χ1n) is 11.8. The number of methoxy groups -OCH3 is 1. The van der Waals surface area contributed by atoms with E-state index in [1.807, 2.05) is 18.2 Å². The number of aromatic carboxylic acids is 1. The number of hydrogen-bond acceptors (Lipinski definition) is 6. The molecule has 186 valence electrons. The van der Waals surface area contributed by atoms with Crippen LogP contribution in [-0.4, -0.2) is 34.5 Å². The quantitative estimate of drug-likeness (QED) is 0.187. The fourth-order valence-corrected chi connectivity index (χ4v) is 5.10. The summed E-state index contributed by atoms with van der Waals surface area (Å²) in [5.41, 5.74) is 1.30. The number of ether oxygens (including phenoxy) is 2. The summed E-state index contributed by atoms with van der Waals surface area (Å²) >= 11 is 6.59. The van der Waals surface area contributed by atoms with Crippen LogP contribution in [0.4, 0.5) is 5.69 Å². The van der Waals surface area contributed by atoms with Gasteiger partial charge in [-0.15, -0.1) is 0 Å². The van der Waals surface area contributed by atoms with E-state index < -0.39 is 5.97 Å². The van der Waals surface area contributed by atoms with Crippen LogP contribution in [-0.2, 0) is 4.79 Å². The van der Waals surface area contributed by atoms with Crippen LogP contribution in [0, 0.1) is 0 Å². The van der Waals surface area contributed by atoms with E-state index in [4.69, 9.17) is 21.7 Å². The van der Waals surface area contributed by atoms with Gasteiger partial charge in [0.25, 0.3) is 5.91 Å². The zero-order valence-corrected chi connectivity index (χ0v) is 21.9. The van der Waals surface area contributed by atoms with E-state index in [1.165, 1.54) is 54.5 Å². The van der Waals surface area contributed by atoms with Gasteiger partial charge in [0.2, 0.25) is 0 Å². The number of thioether (sulfide) groups is 1. The molecule has 1 atom stereocenters. The Bertz CT molecular complexity index is 1110. The highest BCUT2D eigenvalue weighted by Crippen LogP contribution is 2.37. The minimum Gasteiger partial charge on any atom is -0.493 e. The molecular weight excluding hydrogens is 482 g/mol. The Morgan fingerprint density at radius 1 is 1.14 bits per heavy atom. The van der Waals surface area contributed by atoms with Gasteiger partial charge in [-0.05, 0) is 61.7 Å². The van der Waals surface area contributed by atoms with E-state index in [0.29, 0.717) is 26.4 Å². The average Bonchev–Trinajstić information content (AvgIpc) is 3.12. The van der Waals surface area contributed by atoms with Gasteiger partial charge in [-0.2, -0.15) is 0 Å². The van der Waals surface area contributed by atoms with Crippen LogP contribution in [0.15, 0.2) is 47.4 Å². The lowest BCUT2D eigenvalue weighted by molar-refractivity contribution is -0.113. The van der Waals surface area contributed by atoms with E-state index >= 15 is 0 Å². The number of hydrogen-bond donors (Lipinski definition) is 1. The van der Waals surface area contributed by atoms with E-state index in [9.17, 15) is 14.7 Å². The second-order valence-corrected chi connectivity index (χ2v) is 10.1. The van der Waals surface area contributed by atoms with Crippen LogP contribution in [0.2, 0.25) is 0 Å². The molecule has 1 aliphatic heterocycles. The molecule has 6 nitrogen and oxygen atoms in total. The standard InChI is InChI=1S/C27H31NO5S2/c1-4-5-6-7-8-10-18(2)33-22-14-13-19(15-23(22)32-3)16-24-25(29)28(27(34)35-24)21-12-9-11-20(17-21)26(30)31/h9,11-18H,4-8,10H2,1-3H3,(H,30,31)/b24-16+/t18-/m1/s1. The van der Waals surface area contributed by atoms with Gasteiger partial charge >= 0.3 is 5.97 Å². The first-order valence-corrected chi connectivity index (χ1v) is 13.0. The van der Waals surface area contributed by atoms with Crippen LogP contribution in [0.1, 0.15) is 68.3 Å². The van der Waals surface area contributed by atoms with Crippen LogP contribution in [0.25, 0.3) is 6.08 Å². The number of carbonyl (C=O) groups excluding carboxylic acids is 1. The molecule has 0 unspecified atom stereocenters. The summed E-state index contributed by atoms with van der Waals surface area (Å²) < 4.78 is 12.0. The molecule has 0 saturated carbocycles. The maximum Gasteiger partial charge on any atom is 0.335 e. The van der Waals surface area contributed by atoms with Crippen molar-refractivity contribution in [2.45, 2.75) is 58.5 Å². The molecular formula is C27H31NO5S2. The highest BCUT2D eigenvalue weighted by Gasteiger charge is 2.33. The smallest absolute Gasteiger partial charge is 0.335 e. The number of thiocarbonyl (C=S) groups is 1. The molecule has 0 aliphatic carbocycles. The fraction of sp³-hybridized carbons (Fsp3) is 0.370. The van der Waals surface area contributed by atoms with Crippen molar-refractivity contribution in [2.75, 3.05) is 12.0 Å². The molecule has 1 N–H and O–H groups in total. The van der Waals surface area contributed by atoms with Gasteiger partial charge in [0.05, 0.1) is 29.4 Å². The fourth-order valence-electron chi connectivity index (χ4n) is 3.80. The topological polar surface area (TPSA) is 76.1 Å². The maximum atomic E-state index is 13.1. The van der Waals surface area contributed by atoms with Crippen molar-refractivity contribution in [1.82, 2.24) is 0 Å². The van der Waals surface area contributed by atoms with Crippen LogP contribution < -0.4 is 14.4 Å². The third-order valence-electron chi connectivity index (χ3n) is 5.67. The second kappa shape index (κ2) is 12.7. The first kappa shape index (κ1) is 26.8. The number of carbonyl (C=O) groups is 2. The highest BCUT2D eigenvalue weighted by atomic mass is 32.2. The van der Waals surface area contributed by atoms with Gasteiger partial charge in [0.1, 0.15) is 0 Å². The monoisotopic (exact) mass is 513 g/mol. The molecule has 0 spiro atoms. The summed E-state index contributed by atoms with van der Waals surface area (Å²) in [5.74, 6) is -0.0865. The van der Waals surface area contributed by atoms with Crippen molar-refractivity contribution in [2.24, 2.45) is 0 Å². The zero-order valence-electron chi connectivity index (χ0n) is 20.3. The van der Waals surface area contributed by atoms with Crippen molar-refractivity contribution in [3.05, 3.63) is 58.5 Å². The molecule has 0 bridgehead atoms. The number of anilines is 1. The average molecular weight is 514 g/mol. The van der Waals surface area contributed by atoms with Crippen LogP contribution >= 0.6 is 24.0 Å². The molecule has 1 saturated heterocycles. The summed E-state index contributed by atoms with van der Waals surface area (Å²) in [4.78, 5) is 26.2. The number of unbranched alkanes of at least 4 members (excludes halogenated alkanes) is 4. The Labute approximate surface area is 216 Å². The number of rotatable bonds is 12. The van der Waals surface area contributed by atoms with Gasteiger partial charge in [-0.25, -0.2) is 4.79 Å². The Morgan fingerprint density at radius 2 is 1.91 bits per heavy atom. The van der Waals surface area contributed by atoms with Crippen molar-refractivity contribution in [3.63, 3.8) is 0 Å². The SMILES string of the molecule is CCCCCCC[C@@H](C)Oc1ccc(/C=C2/SC(=S)N(c3cccc(C(=O)O)c3)C2=O)cc1OC.